The van der Waals surface area contributed by atoms with Gasteiger partial charge in [0.1, 0.15) is 6.04 Å². The fraction of sp³-hybridized carbons (Fsp3) is 0.750. The number of nitrogens with zero attached hydrogens (tertiary/aromatic N) is 3. The topological polar surface area (TPSA) is 50.2 Å². The smallest absolute Gasteiger partial charge is 0.243 e. The first-order valence-electron chi connectivity index (χ1n) is 8.19. The van der Waals surface area contributed by atoms with Gasteiger partial charge in [-0.15, -0.1) is 0 Å². The Balaban J connectivity index is 1.94. The van der Waals surface area contributed by atoms with Gasteiger partial charge in [-0.05, 0) is 39.5 Å². The molecule has 1 atom stereocenters. The summed E-state index contributed by atoms with van der Waals surface area (Å²) in [6.45, 7) is 8.95. The number of hydrogen-bond acceptors (Lipinski definition) is 3. The maximum absolute atomic E-state index is 12.7. The Kier molecular flexibility index (Phi) is 4.02. The highest BCUT2D eigenvalue weighted by Crippen LogP contribution is 2.36. The Bertz CT molecular complexity index is 518. The second-order valence-electron chi connectivity index (χ2n) is 6.56. The third-order valence-electron chi connectivity index (χ3n) is 4.52. The van der Waals surface area contributed by atoms with Crippen molar-refractivity contribution in [1.82, 2.24) is 19.8 Å². The summed E-state index contributed by atoms with van der Waals surface area (Å²) < 4.78 is 2.17. The van der Waals surface area contributed by atoms with Gasteiger partial charge in [0.2, 0.25) is 5.91 Å². The zero-order valence-electron chi connectivity index (χ0n) is 13.3. The van der Waals surface area contributed by atoms with E-state index in [9.17, 15) is 4.79 Å². The molecule has 1 aromatic rings. The molecule has 5 nitrogen and oxygen atoms in total. The molecule has 1 amide bonds. The Labute approximate surface area is 126 Å². The van der Waals surface area contributed by atoms with Crippen LogP contribution in [0.2, 0.25) is 0 Å². The van der Waals surface area contributed by atoms with Gasteiger partial charge >= 0.3 is 0 Å². The van der Waals surface area contributed by atoms with Crippen LogP contribution in [0.25, 0.3) is 0 Å². The van der Waals surface area contributed by atoms with Crippen molar-refractivity contribution in [2.45, 2.75) is 52.1 Å². The molecule has 1 fully saturated rings. The van der Waals surface area contributed by atoms with E-state index in [2.05, 4.69) is 33.6 Å². The first kappa shape index (κ1) is 14.6. The molecule has 3 rings (SSSR count). The largest absolute Gasteiger partial charge is 0.355 e. The molecule has 5 heteroatoms. The minimum absolute atomic E-state index is 0.126. The number of imidazole rings is 1. The number of carbonyl (C=O) groups excluding carboxylic acids is 1. The molecule has 21 heavy (non-hydrogen) atoms. The van der Waals surface area contributed by atoms with Crippen molar-refractivity contribution in [3.63, 3.8) is 0 Å². The Morgan fingerprint density at radius 2 is 2.24 bits per heavy atom. The molecule has 1 saturated carbocycles. The zero-order chi connectivity index (χ0) is 15.0. The van der Waals surface area contributed by atoms with Crippen LogP contribution in [0, 0.1) is 5.92 Å². The lowest BCUT2D eigenvalue weighted by molar-refractivity contribution is -0.127. The van der Waals surface area contributed by atoms with E-state index in [1.54, 1.807) is 0 Å². The Morgan fingerprint density at radius 1 is 1.48 bits per heavy atom. The molecule has 0 bridgehead atoms. The van der Waals surface area contributed by atoms with Crippen molar-refractivity contribution < 1.29 is 4.79 Å². The second-order valence-corrected chi connectivity index (χ2v) is 6.56. The van der Waals surface area contributed by atoms with Gasteiger partial charge in [0.05, 0.1) is 17.7 Å². The highest BCUT2D eigenvalue weighted by molar-refractivity contribution is 5.83. The van der Waals surface area contributed by atoms with Gasteiger partial charge in [0.25, 0.3) is 0 Å². The van der Waals surface area contributed by atoms with E-state index in [1.807, 2.05) is 13.3 Å². The highest BCUT2D eigenvalue weighted by Gasteiger charge is 2.39. The first-order valence-corrected chi connectivity index (χ1v) is 8.19. The molecule has 1 aliphatic carbocycles. The number of fused-ring (bicyclic) bond motifs is 1. The van der Waals surface area contributed by atoms with E-state index in [0.29, 0.717) is 12.6 Å². The Hall–Kier alpha value is -1.36. The maximum atomic E-state index is 12.7. The van der Waals surface area contributed by atoms with E-state index in [0.717, 1.165) is 36.8 Å². The molecule has 1 N–H and O–H groups in total. The van der Waals surface area contributed by atoms with Gasteiger partial charge in [0.15, 0.2) is 0 Å². The van der Waals surface area contributed by atoms with E-state index in [-0.39, 0.29) is 11.9 Å². The van der Waals surface area contributed by atoms with Gasteiger partial charge in [0, 0.05) is 32.1 Å². The van der Waals surface area contributed by atoms with Crippen LogP contribution >= 0.6 is 0 Å². The average molecular weight is 290 g/mol. The molecule has 0 radical (unpaired) electrons. The third-order valence-corrected chi connectivity index (χ3v) is 4.52. The van der Waals surface area contributed by atoms with Crippen molar-refractivity contribution in [3.05, 3.63) is 17.7 Å². The van der Waals surface area contributed by atoms with E-state index >= 15 is 0 Å². The van der Waals surface area contributed by atoms with Gasteiger partial charge in [-0.1, -0.05) is 0 Å². The SMILES string of the molecule is CCNC(=O)C1c2c(ncn2C(C)C)CCN1CC1CC1. The number of amides is 1. The van der Waals surface area contributed by atoms with Crippen molar-refractivity contribution >= 4 is 5.91 Å². The predicted octanol–water partition coefficient (Wildman–Crippen LogP) is 1.91. The fourth-order valence-electron chi connectivity index (χ4n) is 3.25. The standard InChI is InChI=1S/C16H26N4O/c1-4-17-16(21)15-14-13(18-10-20(14)11(2)3)7-8-19(15)9-12-5-6-12/h10-12,15H,4-9H2,1-3H3,(H,17,21). The normalized spacial score (nSPS) is 22.4. The van der Waals surface area contributed by atoms with Crippen molar-refractivity contribution in [3.8, 4) is 0 Å². The minimum Gasteiger partial charge on any atom is -0.355 e. The van der Waals surface area contributed by atoms with Gasteiger partial charge in [-0.25, -0.2) is 4.98 Å². The van der Waals surface area contributed by atoms with E-state index in [4.69, 9.17) is 0 Å². The summed E-state index contributed by atoms with van der Waals surface area (Å²) >= 11 is 0. The van der Waals surface area contributed by atoms with Gasteiger partial charge in [-0.3, -0.25) is 9.69 Å². The van der Waals surface area contributed by atoms with Gasteiger partial charge < -0.3 is 9.88 Å². The number of rotatable bonds is 5. The number of hydrogen-bond donors (Lipinski definition) is 1. The van der Waals surface area contributed by atoms with Crippen LogP contribution in [0.1, 0.15) is 57.1 Å². The predicted molar refractivity (Wildman–Crippen MR) is 82.0 cm³/mol. The molecule has 1 aliphatic heterocycles. The second kappa shape index (κ2) is 5.79. The fourth-order valence-corrected chi connectivity index (χ4v) is 3.25. The summed E-state index contributed by atoms with van der Waals surface area (Å²) in [7, 11) is 0. The summed E-state index contributed by atoms with van der Waals surface area (Å²) in [4.78, 5) is 19.6. The van der Waals surface area contributed by atoms with Crippen LogP contribution in [0.15, 0.2) is 6.33 Å². The molecule has 0 saturated heterocycles. The Morgan fingerprint density at radius 3 is 2.86 bits per heavy atom. The maximum Gasteiger partial charge on any atom is 0.243 e. The summed E-state index contributed by atoms with van der Waals surface area (Å²) in [6.07, 6.45) is 5.49. The molecular formula is C16H26N4O. The van der Waals surface area contributed by atoms with Crippen LogP contribution in [0.5, 0.6) is 0 Å². The molecule has 2 heterocycles. The number of nitrogens with one attached hydrogen (secondary N) is 1. The van der Waals surface area contributed by atoms with Gasteiger partial charge in [-0.2, -0.15) is 0 Å². The lowest BCUT2D eigenvalue weighted by Crippen LogP contribution is -2.46. The quantitative estimate of drug-likeness (QED) is 0.901. The molecule has 0 aromatic carbocycles. The van der Waals surface area contributed by atoms with E-state index in [1.165, 1.54) is 12.8 Å². The van der Waals surface area contributed by atoms with Crippen LogP contribution in [-0.4, -0.2) is 40.0 Å². The monoisotopic (exact) mass is 290 g/mol. The summed E-state index contributed by atoms with van der Waals surface area (Å²) in [5.74, 6) is 0.917. The minimum atomic E-state index is -0.167. The number of likely N-dealkylation sites (N-methyl/N-ethyl adjacent to an activating group) is 1. The summed E-state index contributed by atoms with van der Waals surface area (Å²) in [5, 5.41) is 3.01. The van der Waals surface area contributed by atoms with Crippen LogP contribution in [0.3, 0.4) is 0 Å². The van der Waals surface area contributed by atoms with Crippen molar-refractivity contribution in [1.29, 1.82) is 0 Å². The van der Waals surface area contributed by atoms with Crippen molar-refractivity contribution in [2.24, 2.45) is 5.92 Å². The lowest BCUT2D eigenvalue weighted by atomic mass is 10.0. The highest BCUT2D eigenvalue weighted by atomic mass is 16.2. The zero-order valence-corrected chi connectivity index (χ0v) is 13.3. The first-order chi connectivity index (χ1) is 10.1. The van der Waals surface area contributed by atoms with E-state index < -0.39 is 0 Å². The molecular weight excluding hydrogens is 264 g/mol. The van der Waals surface area contributed by atoms with Crippen LogP contribution in [-0.2, 0) is 11.2 Å². The average Bonchev–Trinajstić information content (AvgIpc) is 3.15. The molecule has 2 aliphatic rings. The summed E-state index contributed by atoms with van der Waals surface area (Å²) in [5.41, 5.74) is 2.22. The molecule has 0 spiro atoms. The van der Waals surface area contributed by atoms with Crippen molar-refractivity contribution in [2.75, 3.05) is 19.6 Å². The molecule has 116 valence electrons. The molecule has 1 aromatic heterocycles. The van der Waals surface area contributed by atoms with Crippen LogP contribution < -0.4 is 5.32 Å². The third kappa shape index (κ3) is 2.84. The lowest BCUT2D eigenvalue weighted by Gasteiger charge is -2.35. The number of aromatic nitrogens is 2. The summed E-state index contributed by atoms with van der Waals surface area (Å²) in [6, 6.07) is 0.165. The molecule has 1 unspecified atom stereocenters. The van der Waals surface area contributed by atoms with Crippen LogP contribution in [0.4, 0.5) is 0 Å². The number of carbonyl (C=O) groups is 1.